The summed E-state index contributed by atoms with van der Waals surface area (Å²) in [6, 6.07) is 61.4. The molecule has 1 N–H and O–H groups in total. The van der Waals surface area contributed by atoms with Crippen LogP contribution in [0.25, 0.3) is 0 Å². The third-order valence-electron chi connectivity index (χ3n) is 8.40. The van der Waals surface area contributed by atoms with Gasteiger partial charge in [-0.2, -0.15) is 0 Å². The lowest BCUT2D eigenvalue weighted by molar-refractivity contribution is 0.535. The molecule has 0 spiro atoms. The Bertz CT molecular complexity index is 1700. The predicted octanol–water partition coefficient (Wildman–Crippen LogP) is 11.2. The van der Waals surface area contributed by atoms with Crippen molar-refractivity contribution < 1.29 is 0 Å². The molecule has 3 nitrogen and oxygen atoms in total. The van der Waals surface area contributed by atoms with Crippen molar-refractivity contribution in [3.8, 4) is 0 Å². The lowest BCUT2D eigenvalue weighted by Gasteiger charge is -2.41. The summed E-state index contributed by atoms with van der Waals surface area (Å²) in [4.78, 5) is 4.65. The number of anilines is 6. The zero-order chi connectivity index (χ0) is 31.3. The molecule has 0 amide bonds. The highest BCUT2D eigenvalue weighted by atomic mass is 15.2. The van der Waals surface area contributed by atoms with Crippen molar-refractivity contribution in [3.05, 3.63) is 181 Å². The lowest BCUT2D eigenvalue weighted by Crippen LogP contribution is -2.38. The van der Waals surface area contributed by atoms with Crippen LogP contribution in [0.1, 0.15) is 38.8 Å². The summed E-state index contributed by atoms with van der Waals surface area (Å²) >= 11 is 0. The molecule has 6 aromatic rings. The number of hydrogen-bond acceptors (Lipinski definition) is 3. The van der Waals surface area contributed by atoms with Crippen molar-refractivity contribution in [2.24, 2.45) is 0 Å². The van der Waals surface area contributed by atoms with Crippen LogP contribution in [0.15, 0.2) is 158 Å². The van der Waals surface area contributed by atoms with Gasteiger partial charge in [0.1, 0.15) is 0 Å². The number of benzene rings is 5. The summed E-state index contributed by atoms with van der Waals surface area (Å²) in [7, 11) is 0. The zero-order valence-electron chi connectivity index (χ0n) is 26.4. The average Bonchev–Trinajstić information content (AvgIpc) is 3.07. The molecule has 0 unspecified atom stereocenters. The van der Waals surface area contributed by atoms with Crippen molar-refractivity contribution in [2.75, 3.05) is 15.1 Å². The van der Waals surface area contributed by atoms with E-state index in [1.165, 1.54) is 11.1 Å². The van der Waals surface area contributed by atoms with Crippen LogP contribution in [-0.4, -0.2) is 0 Å². The third kappa shape index (κ3) is 6.42. The Labute approximate surface area is 268 Å². The van der Waals surface area contributed by atoms with E-state index in [4.69, 9.17) is 0 Å². The second kappa shape index (κ2) is 12.6. The Morgan fingerprint density at radius 3 is 1.47 bits per heavy atom. The smallest absolute Gasteiger partial charge is 0.0646 e. The first-order valence-corrected chi connectivity index (χ1v) is 15.5. The zero-order valence-corrected chi connectivity index (χ0v) is 26.4. The van der Waals surface area contributed by atoms with Crippen LogP contribution in [0.4, 0.5) is 34.1 Å². The van der Waals surface area contributed by atoms with Crippen molar-refractivity contribution in [3.63, 3.8) is 0 Å². The molecule has 0 saturated carbocycles. The van der Waals surface area contributed by atoms with Crippen LogP contribution in [0.5, 0.6) is 0 Å². The fraction of sp³-hybridized carbons (Fsp3) is 0.143. The molecule has 0 aliphatic rings. The monoisotopic (exact) mass is 585 g/mol. The number of rotatable bonds is 10. The van der Waals surface area contributed by atoms with Gasteiger partial charge in [0, 0.05) is 34.5 Å². The van der Waals surface area contributed by atoms with Crippen molar-refractivity contribution >= 4 is 34.1 Å². The molecule has 0 fully saturated rings. The minimum absolute atomic E-state index is 0.286. The van der Waals surface area contributed by atoms with Gasteiger partial charge in [-0.3, -0.25) is 0 Å². The molecule has 6 rings (SSSR count). The van der Waals surface area contributed by atoms with Crippen LogP contribution >= 0.6 is 0 Å². The van der Waals surface area contributed by atoms with Crippen LogP contribution in [0.3, 0.4) is 0 Å². The quantitative estimate of drug-likeness (QED) is 0.172. The van der Waals surface area contributed by atoms with E-state index in [9.17, 15) is 0 Å². The van der Waals surface area contributed by atoms with Gasteiger partial charge >= 0.3 is 0 Å². The summed E-state index contributed by atoms with van der Waals surface area (Å²) in [5.41, 5.74) is 8.51. The lowest BCUT2D eigenvalue weighted by atomic mass is 9.90. The second-order valence-electron chi connectivity index (χ2n) is 12.3. The van der Waals surface area contributed by atoms with Crippen molar-refractivity contribution in [2.45, 2.75) is 38.8 Å². The molecule has 0 bridgehead atoms. The Kier molecular flexibility index (Phi) is 8.32. The first kappa shape index (κ1) is 29.6. The minimum Gasteiger partial charge on any atom is -0.376 e. The molecule has 0 atom stereocenters. The van der Waals surface area contributed by atoms with Gasteiger partial charge in [0.05, 0.1) is 16.8 Å². The molecule has 0 heterocycles. The Hall–Kier alpha value is -5.46. The molecule has 0 saturated heterocycles. The fourth-order valence-corrected chi connectivity index (χ4v) is 6.00. The largest absolute Gasteiger partial charge is 0.376 e. The highest BCUT2D eigenvalue weighted by molar-refractivity contribution is 5.76. The van der Waals surface area contributed by atoms with Crippen LogP contribution in [0.2, 0.25) is 0 Å². The summed E-state index contributed by atoms with van der Waals surface area (Å²) in [5.74, 6) is 0. The normalized spacial score (nSPS) is 11.4. The van der Waals surface area contributed by atoms with Gasteiger partial charge < -0.3 is 15.1 Å². The van der Waals surface area contributed by atoms with Gasteiger partial charge in [-0.25, -0.2) is 0 Å². The maximum Gasteiger partial charge on any atom is 0.0646 e. The topological polar surface area (TPSA) is 18.5 Å². The van der Waals surface area contributed by atoms with Crippen molar-refractivity contribution in [1.82, 2.24) is 0 Å². The van der Waals surface area contributed by atoms with Crippen LogP contribution < -0.4 is 15.1 Å². The van der Waals surface area contributed by atoms with Gasteiger partial charge in [0.25, 0.3) is 0 Å². The first-order chi connectivity index (χ1) is 21.8. The summed E-state index contributed by atoms with van der Waals surface area (Å²) in [6.07, 6.45) is 0. The van der Waals surface area contributed by atoms with Gasteiger partial charge in [0.2, 0.25) is 0 Å². The molecular weight excluding hydrogens is 546 g/mol. The molecule has 222 valence electrons. The standard InChI is InChI=1S/C42H39N3/c1-41(2,33-27-31-38(32-28-33)44(36-17-9-5-10-18-36)37-19-11-6-12-20-37)43-35-29-25-34(26-30-35)42(3,4)45(39-21-13-7-14-22-39)40-23-15-8-16-24-40/h5,7-11,13-32,43H,1-4H3. The van der Waals surface area contributed by atoms with E-state index in [1.807, 2.05) is 18.2 Å². The Morgan fingerprint density at radius 1 is 0.467 bits per heavy atom. The SMILES string of the molecule is CC(C)(Nc1ccc(C(C)(C)N(c2ccccc2)c2ccccc2)cc1)c1ccc(N(c2cc#ccc2)c2ccccc2)cc1. The van der Waals surface area contributed by atoms with E-state index in [0.29, 0.717) is 0 Å². The maximum atomic E-state index is 3.78. The third-order valence-corrected chi connectivity index (χ3v) is 8.40. The number of nitrogens with zero attached hydrogens (tertiary/aromatic N) is 2. The van der Waals surface area contributed by atoms with Crippen LogP contribution in [-0.2, 0) is 11.1 Å². The summed E-state index contributed by atoms with van der Waals surface area (Å²) in [5, 5.41) is 3.78. The highest BCUT2D eigenvalue weighted by Gasteiger charge is 2.31. The van der Waals surface area contributed by atoms with Crippen LogP contribution in [0, 0.1) is 12.1 Å². The first-order valence-electron chi connectivity index (χ1n) is 15.5. The van der Waals surface area contributed by atoms with E-state index >= 15 is 0 Å². The van der Waals surface area contributed by atoms with E-state index in [2.05, 4.69) is 194 Å². The number of nitrogens with one attached hydrogen (secondary N) is 1. The maximum absolute atomic E-state index is 3.78. The highest BCUT2D eigenvalue weighted by Crippen LogP contribution is 2.40. The van der Waals surface area contributed by atoms with Gasteiger partial charge in [-0.05, 0) is 112 Å². The summed E-state index contributed by atoms with van der Waals surface area (Å²) in [6.45, 7) is 9.02. The molecule has 0 radical (unpaired) electrons. The molecular formula is C42H39N3. The molecule has 45 heavy (non-hydrogen) atoms. The molecule has 3 heteroatoms. The predicted molar refractivity (Wildman–Crippen MR) is 190 cm³/mol. The second-order valence-corrected chi connectivity index (χ2v) is 12.3. The Balaban J connectivity index is 1.23. The van der Waals surface area contributed by atoms with Gasteiger partial charge in [0.15, 0.2) is 0 Å². The fourth-order valence-electron chi connectivity index (χ4n) is 6.00. The van der Waals surface area contributed by atoms with Gasteiger partial charge in [-0.1, -0.05) is 91.0 Å². The molecule has 0 aliphatic carbocycles. The number of hydrogen-bond donors (Lipinski definition) is 1. The summed E-state index contributed by atoms with van der Waals surface area (Å²) < 4.78 is 0. The molecule has 0 aliphatic heterocycles. The minimum atomic E-state index is -0.289. The van der Waals surface area contributed by atoms with E-state index in [-0.39, 0.29) is 11.1 Å². The number of para-hydroxylation sites is 3. The molecule has 0 aromatic heterocycles. The van der Waals surface area contributed by atoms with Gasteiger partial charge in [-0.15, -0.1) is 0 Å². The van der Waals surface area contributed by atoms with E-state index in [0.717, 1.165) is 34.1 Å². The van der Waals surface area contributed by atoms with E-state index in [1.54, 1.807) is 0 Å². The molecule has 6 aromatic carbocycles. The van der Waals surface area contributed by atoms with Crippen molar-refractivity contribution in [1.29, 1.82) is 0 Å². The average molecular weight is 586 g/mol. The van der Waals surface area contributed by atoms with E-state index < -0.39 is 0 Å². The Morgan fingerprint density at radius 2 is 0.956 bits per heavy atom.